The minimum atomic E-state index is -0.449. The highest BCUT2D eigenvalue weighted by Gasteiger charge is 2.51. The summed E-state index contributed by atoms with van der Waals surface area (Å²) in [5, 5.41) is 5.79. The molecule has 0 aliphatic heterocycles. The molecule has 4 saturated carbocycles. The van der Waals surface area contributed by atoms with Gasteiger partial charge in [-0.15, -0.1) is 0 Å². The predicted molar refractivity (Wildman–Crippen MR) is 118 cm³/mol. The SMILES string of the molecule is COc1ccc(CN(C)C(C)C(=O)NC(=O)NC23CC4CC(CC(C4)C2)C3)cc1OC. The van der Waals surface area contributed by atoms with Crippen LogP contribution in [0.1, 0.15) is 51.0 Å². The lowest BCUT2D eigenvalue weighted by atomic mass is 9.53. The van der Waals surface area contributed by atoms with Crippen molar-refractivity contribution in [2.24, 2.45) is 17.8 Å². The zero-order valence-corrected chi connectivity index (χ0v) is 19.1. The van der Waals surface area contributed by atoms with E-state index in [9.17, 15) is 9.59 Å². The molecule has 4 fully saturated rings. The van der Waals surface area contributed by atoms with E-state index in [2.05, 4.69) is 10.6 Å². The quantitative estimate of drug-likeness (QED) is 0.695. The molecular weight excluding hydrogens is 394 g/mol. The Morgan fingerprint density at radius 1 is 1.06 bits per heavy atom. The van der Waals surface area contributed by atoms with Crippen LogP contribution in [0.2, 0.25) is 0 Å². The highest BCUT2D eigenvalue weighted by molar-refractivity contribution is 5.97. The third kappa shape index (κ3) is 4.66. The van der Waals surface area contributed by atoms with Gasteiger partial charge in [0.05, 0.1) is 20.3 Å². The first kappa shape index (κ1) is 21.9. The molecule has 0 saturated heterocycles. The summed E-state index contributed by atoms with van der Waals surface area (Å²) in [6, 6.07) is 4.90. The number of rotatable bonds is 7. The third-order valence-corrected chi connectivity index (χ3v) is 7.57. The van der Waals surface area contributed by atoms with Crippen molar-refractivity contribution in [2.75, 3.05) is 21.3 Å². The lowest BCUT2D eigenvalue weighted by Crippen LogP contribution is -2.62. The highest BCUT2D eigenvalue weighted by atomic mass is 16.5. The lowest BCUT2D eigenvalue weighted by molar-refractivity contribution is -0.124. The van der Waals surface area contributed by atoms with Gasteiger partial charge in [-0.2, -0.15) is 0 Å². The molecule has 0 heterocycles. The van der Waals surface area contributed by atoms with Gasteiger partial charge in [-0.3, -0.25) is 15.0 Å². The fraction of sp³-hybridized carbons (Fsp3) is 0.667. The number of carbonyl (C=O) groups excluding carboxylic acids is 2. The summed E-state index contributed by atoms with van der Waals surface area (Å²) in [5.41, 5.74) is 0.895. The summed E-state index contributed by atoms with van der Waals surface area (Å²) in [5.74, 6) is 3.27. The number of nitrogens with one attached hydrogen (secondary N) is 2. The topological polar surface area (TPSA) is 79.9 Å². The molecule has 170 valence electrons. The number of likely N-dealkylation sites (N-methyl/N-ethyl adjacent to an activating group) is 1. The minimum absolute atomic E-state index is 0.103. The molecule has 2 N–H and O–H groups in total. The van der Waals surface area contributed by atoms with Gasteiger partial charge >= 0.3 is 6.03 Å². The molecular formula is C24H35N3O4. The van der Waals surface area contributed by atoms with Crippen molar-refractivity contribution in [3.8, 4) is 11.5 Å². The number of ether oxygens (including phenoxy) is 2. The molecule has 7 heteroatoms. The van der Waals surface area contributed by atoms with E-state index in [1.165, 1.54) is 19.3 Å². The molecule has 1 atom stereocenters. The Bertz CT molecular complexity index is 805. The van der Waals surface area contributed by atoms with Crippen molar-refractivity contribution < 1.29 is 19.1 Å². The second-order valence-corrected chi connectivity index (χ2v) is 9.92. The van der Waals surface area contributed by atoms with Gasteiger partial charge in [0, 0.05) is 12.1 Å². The molecule has 0 spiro atoms. The van der Waals surface area contributed by atoms with Crippen LogP contribution < -0.4 is 20.1 Å². The number of methoxy groups -OCH3 is 2. The minimum Gasteiger partial charge on any atom is -0.493 e. The number of amides is 3. The van der Waals surface area contributed by atoms with Gasteiger partial charge in [0.2, 0.25) is 5.91 Å². The van der Waals surface area contributed by atoms with Crippen LogP contribution >= 0.6 is 0 Å². The van der Waals surface area contributed by atoms with E-state index in [0.717, 1.165) is 42.6 Å². The van der Waals surface area contributed by atoms with Gasteiger partial charge in [0.25, 0.3) is 0 Å². The van der Waals surface area contributed by atoms with Crippen molar-refractivity contribution >= 4 is 11.9 Å². The van der Waals surface area contributed by atoms with Crippen molar-refractivity contribution in [3.63, 3.8) is 0 Å². The normalized spacial score (nSPS) is 29.5. The van der Waals surface area contributed by atoms with Gasteiger partial charge in [-0.05, 0) is 87.9 Å². The first-order valence-corrected chi connectivity index (χ1v) is 11.3. The summed E-state index contributed by atoms with van der Waals surface area (Å²) < 4.78 is 10.6. The second kappa shape index (κ2) is 8.69. The van der Waals surface area contributed by atoms with Crippen LogP contribution in [0.5, 0.6) is 11.5 Å². The van der Waals surface area contributed by atoms with Crippen LogP contribution in [0.25, 0.3) is 0 Å². The molecule has 0 radical (unpaired) electrons. The maximum atomic E-state index is 12.7. The fourth-order valence-corrected chi connectivity index (χ4v) is 6.36. The van der Waals surface area contributed by atoms with E-state index in [1.807, 2.05) is 37.1 Å². The summed E-state index contributed by atoms with van der Waals surface area (Å²) in [7, 11) is 5.08. The van der Waals surface area contributed by atoms with Crippen LogP contribution in [-0.4, -0.2) is 49.7 Å². The molecule has 0 aromatic heterocycles. The Morgan fingerprint density at radius 3 is 2.19 bits per heavy atom. The van der Waals surface area contributed by atoms with Crippen molar-refractivity contribution in [1.29, 1.82) is 0 Å². The first-order valence-electron chi connectivity index (χ1n) is 11.3. The molecule has 1 unspecified atom stereocenters. The van der Waals surface area contributed by atoms with Crippen LogP contribution in [0.15, 0.2) is 18.2 Å². The van der Waals surface area contributed by atoms with Gasteiger partial charge in [0.1, 0.15) is 0 Å². The predicted octanol–water partition coefficient (Wildman–Crippen LogP) is 3.32. The largest absolute Gasteiger partial charge is 0.493 e. The Balaban J connectivity index is 1.31. The number of carbonyl (C=O) groups is 2. The Labute approximate surface area is 184 Å². The highest BCUT2D eigenvalue weighted by Crippen LogP contribution is 2.55. The first-order chi connectivity index (χ1) is 14.8. The maximum absolute atomic E-state index is 12.7. The van der Waals surface area contributed by atoms with Gasteiger partial charge in [-0.1, -0.05) is 6.07 Å². The number of nitrogens with zero attached hydrogens (tertiary/aromatic N) is 1. The van der Waals surface area contributed by atoms with Crippen molar-refractivity contribution in [2.45, 2.75) is 63.6 Å². The molecule has 4 bridgehead atoms. The van der Waals surface area contributed by atoms with Gasteiger partial charge in [0.15, 0.2) is 11.5 Å². The zero-order valence-electron chi connectivity index (χ0n) is 19.1. The van der Waals surface area contributed by atoms with Crippen molar-refractivity contribution in [1.82, 2.24) is 15.5 Å². The molecule has 1 aromatic rings. The smallest absolute Gasteiger partial charge is 0.321 e. The molecule has 4 aliphatic rings. The van der Waals surface area contributed by atoms with E-state index < -0.39 is 6.04 Å². The molecule has 1 aromatic carbocycles. The molecule has 3 amide bonds. The zero-order chi connectivity index (χ0) is 22.2. The number of imide groups is 1. The van der Waals surface area contributed by atoms with Crippen LogP contribution in [0.3, 0.4) is 0 Å². The van der Waals surface area contributed by atoms with Gasteiger partial charge < -0.3 is 14.8 Å². The number of benzene rings is 1. The van der Waals surface area contributed by atoms with E-state index in [4.69, 9.17) is 9.47 Å². The summed E-state index contributed by atoms with van der Waals surface area (Å²) >= 11 is 0. The number of hydrogen-bond donors (Lipinski definition) is 2. The van der Waals surface area contributed by atoms with Gasteiger partial charge in [-0.25, -0.2) is 4.79 Å². The monoisotopic (exact) mass is 429 g/mol. The Morgan fingerprint density at radius 2 is 1.65 bits per heavy atom. The number of hydrogen-bond acceptors (Lipinski definition) is 5. The summed E-state index contributed by atoms with van der Waals surface area (Å²) in [6.07, 6.45) is 7.15. The van der Waals surface area contributed by atoms with E-state index >= 15 is 0 Å². The molecule has 31 heavy (non-hydrogen) atoms. The Kier molecular flexibility index (Phi) is 6.15. The fourth-order valence-electron chi connectivity index (χ4n) is 6.36. The lowest BCUT2D eigenvalue weighted by Gasteiger charge is -2.56. The van der Waals surface area contributed by atoms with Crippen molar-refractivity contribution in [3.05, 3.63) is 23.8 Å². The van der Waals surface area contributed by atoms with Crippen LogP contribution in [0.4, 0.5) is 4.79 Å². The summed E-state index contributed by atoms with van der Waals surface area (Å²) in [6.45, 7) is 2.36. The second-order valence-electron chi connectivity index (χ2n) is 9.92. The van der Waals surface area contributed by atoms with Crippen LogP contribution in [0, 0.1) is 17.8 Å². The molecule has 5 rings (SSSR count). The average Bonchev–Trinajstić information content (AvgIpc) is 2.71. The average molecular weight is 430 g/mol. The molecule has 4 aliphatic carbocycles. The third-order valence-electron chi connectivity index (χ3n) is 7.57. The van der Waals surface area contributed by atoms with E-state index in [0.29, 0.717) is 18.0 Å². The number of urea groups is 1. The Hall–Kier alpha value is -2.28. The van der Waals surface area contributed by atoms with E-state index in [-0.39, 0.29) is 17.5 Å². The van der Waals surface area contributed by atoms with E-state index in [1.54, 1.807) is 14.2 Å². The molecule has 7 nitrogen and oxygen atoms in total. The summed E-state index contributed by atoms with van der Waals surface area (Å²) in [4.78, 5) is 27.3. The standard InChI is InChI=1S/C24H35N3O4/c1-15(27(2)14-16-5-6-20(30-3)21(10-16)31-4)22(28)25-23(29)26-24-11-17-7-18(12-24)9-19(8-17)13-24/h5-6,10,15,17-19H,7-9,11-14H2,1-4H3,(H2,25,26,28,29). The maximum Gasteiger partial charge on any atom is 0.321 e. The van der Waals surface area contributed by atoms with Crippen LogP contribution in [-0.2, 0) is 11.3 Å².